The van der Waals surface area contributed by atoms with Gasteiger partial charge < -0.3 is 10.0 Å². The Morgan fingerprint density at radius 3 is 2.59 bits per heavy atom. The van der Waals surface area contributed by atoms with Gasteiger partial charge in [0.1, 0.15) is 11.4 Å². The van der Waals surface area contributed by atoms with Crippen LogP contribution in [0.25, 0.3) is 11.1 Å². The summed E-state index contributed by atoms with van der Waals surface area (Å²) in [5.74, 6) is -0.838. The number of carbonyl (C=O) groups is 1. The van der Waals surface area contributed by atoms with Crippen LogP contribution in [0.15, 0.2) is 42.5 Å². The molecule has 0 spiro atoms. The lowest BCUT2D eigenvalue weighted by molar-refractivity contribution is -0.148. The van der Waals surface area contributed by atoms with E-state index >= 15 is 4.39 Å². The number of halogens is 1. The summed E-state index contributed by atoms with van der Waals surface area (Å²) in [4.78, 5) is 14.4. The molecule has 3 rings (SSSR count). The first-order valence-electron chi connectivity index (χ1n) is 10.8. The van der Waals surface area contributed by atoms with Crippen LogP contribution in [0.3, 0.4) is 0 Å². The van der Waals surface area contributed by atoms with Gasteiger partial charge in [0.2, 0.25) is 0 Å². The molecule has 1 heterocycles. The molecule has 0 aromatic heterocycles. The van der Waals surface area contributed by atoms with Gasteiger partial charge in [0, 0.05) is 12.1 Å². The third-order valence-electron chi connectivity index (χ3n) is 5.89. The maximum absolute atomic E-state index is 15.6. The van der Waals surface area contributed by atoms with Gasteiger partial charge in [-0.1, -0.05) is 48.0 Å². The number of carbonyl (C=O) groups excluding carboxylic acids is 1. The standard InChI is InChI=1S/C24H31FN2O4S/c1-5-32(30,31)26-20-12-13-27(23(28)24(3,4)29)21(20)15-18-10-7-11-19(22(18)25)17-9-6-8-16(2)14-17/h6-11,14,20-21,29H,5,12-13,15H2,1-4H3,(H-,26,30,31)/p+1/t20-,21?/m0/s1. The van der Waals surface area contributed by atoms with E-state index in [1.807, 2.05) is 31.2 Å². The topological polar surface area (TPSA) is 89.9 Å². The van der Waals surface area contributed by atoms with Crippen LogP contribution in [0.2, 0.25) is 0 Å². The van der Waals surface area contributed by atoms with Gasteiger partial charge in [-0.25, -0.2) is 4.39 Å². The SMILES string of the molecule is CC[S+](=O)(O)N[C@H]1CCN(C(=O)C(C)(C)O)C1Cc1cccc(-c2cccc(C)c2)c1F. The molecule has 0 radical (unpaired) electrons. The molecule has 1 amide bonds. The van der Waals surface area contributed by atoms with Crippen LogP contribution in [0.1, 0.15) is 38.3 Å². The van der Waals surface area contributed by atoms with E-state index in [1.165, 1.54) is 18.7 Å². The third-order valence-corrected chi connectivity index (χ3v) is 7.35. The molecule has 1 fully saturated rings. The van der Waals surface area contributed by atoms with E-state index in [2.05, 4.69) is 4.72 Å². The van der Waals surface area contributed by atoms with Gasteiger partial charge in [-0.3, -0.25) is 4.79 Å². The first-order chi connectivity index (χ1) is 14.9. The Balaban J connectivity index is 1.97. The molecule has 2 unspecified atom stereocenters. The summed E-state index contributed by atoms with van der Waals surface area (Å²) >= 11 is 0. The predicted molar refractivity (Wildman–Crippen MR) is 125 cm³/mol. The van der Waals surface area contributed by atoms with Crippen molar-refractivity contribution in [2.45, 2.75) is 58.2 Å². The molecule has 8 heteroatoms. The van der Waals surface area contributed by atoms with E-state index < -0.39 is 34.0 Å². The van der Waals surface area contributed by atoms with Gasteiger partial charge in [0.05, 0.1) is 12.1 Å². The molecule has 2 aromatic rings. The van der Waals surface area contributed by atoms with E-state index in [9.17, 15) is 18.7 Å². The number of aryl methyl sites for hydroxylation is 1. The summed E-state index contributed by atoms with van der Waals surface area (Å²) in [6, 6.07) is 11.7. The highest BCUT2D eigenvalue weighted by Gasteiger charge is 2.45. The number of hydrogen-bond acceptors (Lipinski definition) is 3. The molecule has 32 heavy (non-hydrogen) atoms. The summed E-state index contributed by atoms with van der Waals surface area (Å²) in [6.07, 6.45) is 0.591. The summed E-state index contributed by atoms with van der Waals surface area (Å²) < 4.78 is 40.8. The minimum absolute atomic E-state index is 0.0207. The van der Waals surface area contributed by atoms with Crippen LogP contribution in [-0.2, 0) is 25.8 Å². The van der Waals surface area contributed by atoms with Crippen LogP contribution in [0.5, 0.6) is 0 Å². The van der Waals surface area contributed by atoms with Gasteiger partial charge in [0.15, 0.2) is 5.75 Å². The molecule has 3 atom stereocenters. The van der Waals surface area contributed by atoms with Crippen molar-refractivity contribution in [2.75, 3.05) is 12.3 Å². The minimum atomic E-state index is -3.27. The largest absolute Gasteiger partial charge is 0.381 e. The van der Waals surface area contributed by atoms with E-state index in [0.29, 0.717) is 24.1 Å². The second kappa shape index (κ2) is 9.39. The van der Waals surface area contributed by atoms with Gasteiger partial charge in [0.25, 0.3) is 16.3 Å². The van der Waals surface area contributed by atoms with Crippen LogP contribution in [0.4, 0.5) is 4.39 Å². The zero-order chi connectivity index (χ0) is 23.7. The number of benzene rings is 2. The lowest BCUT2D eigenvalue weighted by Crippen LogP contribution is -2.53. The second-order valence-corrected chi connectivity index (χ2v) is 11.0. The van der Waals surface area contributed by atoms with E-state index in [4.69, 9.17) is 0 Å². The molecule has 0 bridgehead atoms. The highest BCUT2D eigenvalue weighted by Crippen LogP contribution is 2.30. The monoisotopic (exact) mass is 463 g/mol. The van der Waals surface area contributed by atoms with Crippen molar-refractivity contribution in [1.29, 1.82) is 0 Å². The highest BCUT2D eigenvalue weighted by atomic mass is 32.3. The number of rotatable bonds is 7. The predicted octanol–water partition coefficient (Wildman–Crippen LogP) is 3.58. The van der Waals surface area contributed by atoms with Crippen molar-refractivity contribution >= 4 is 16.3 Å². The maximum Gasteiger partial charge on any atom is 0.288 e. The van der Waals surface area contributed by atoms with Crippen molar-refractivity contribution in [3.05, 3.63) is 59.4 Å². The van der Waals surface area contributed by atoms with E-state index in [0.717, 1.165) is 11.1 Å². The molecular weight excluding hydrogens is 431 g/mol. The molecule has 1 saturated heterocycles. The minimum Gasteiger partial charge on any atom is -0.381 e. The number of nitrogens with one attached hydrogen (secondary N) is 1. The number of hydrogen-bond donors (Lipinski definition) is 3. The summed E-state index contributed by atoms with van der Waals surface area (Å²) in [5, 5.41) is 10.3. The lowest BCUT2D eigenvalue weighted by atomic mass is 9.95. The summed E-state index contributed by atoms with van der Waals surface area (Å²) in [5.41, 5.74) is 1.07. The van der Waals surface area contributed by atoms with E-state index in [1.54, 1.807) is 25.1 Å². The Bertz CT molecular complexity index is 1040. The van der Waals surface area contributed by atoms with Crippen molar-refractivity contribution in [3.8, 4) is 11.1 Å². The Hall–Kier alpha value is -2.13. The van der Waals surface area contributed by atoms with Gasteiger partial charge in [-0.2, -0.15) is 4.55 Å². The summed E-state index contributed by atoms with van der Waals surface area (Å²) in [7, 11) is -3.27. The number of nitrogens with zero attached hydrogens (tertiary/aromatic N) is 1. The molecule has 0 aliphatic carbocycles. The maximum atomic E-state index is 15.6. The Morgan fingerprint density at radius 1 is 1.28 bits per heavy atom. The van der Waals surface area contributed by atoms with Gasteiger partial charge >= 0.3 is 0 Å². The first kappa shape index (κ1) is 24.5. The van der Waals surface area contributed by atoms with Crippen LogP contribution in [0, 0.1) is 12.7 Å². The quantitative estimate of drug-likeness (QED) is 0.548. The van der Waals surface area contributed by atoms with Crippen molar-refractivity contribution in [1.82, 2.24) is 9.62 Å². The molecule has 3 N–H and O–H groups in total. The average Bonchev–Trinajstić information content (AvgIpc) is 3.09. The first-order valence-corrected chi connectivity index (χ1v) is 12.5. The zero-order valence-corrected chi connectivity index (χ0v) is 19.8. The average molecular weight is 464 g/mol. The molecule has 1 aliphatic heterocycles. The van der Waals surface area contributed by atoms with Crippen LogP contribution >= 0.6 is 0 Å². The fraction of sp³-hybridized carbons (Fsp3) is 0.458. The smallest absolute Gasteiger partial charge is 0.288 e. The number of aliphatic hydroxyl groups is 1. The summed E-state index contributed by atoms with van der Waals surface area (Å²) in [6.45, 7) is 6.68. The molecule has 1 aliphatic rings. The van der Waals surface area contributed by atoms with Crippen molar-refractivity contribution in [2.24, 2.45) is 0 Å². The van der Waals surface area contributed by atoms with Crippen molar-refractivity contribution < 1.29 is 23.1 Å². The molecular formula is C24H32FN2O4S+. The Labute approximate surface area is 190 Å². The fourth-order valence-corrected chi connectivity index (χ4v) is 5.08. The second-order valence-electron chi connectivity index (χ2n) is 8.92. The zero-order valence-electron chi connectivity index (χ0n) is 19.0. The van der Waals surface area contributed by atoms with Gasteiger partial charge in [-0.15, -0.1) is 4.72 Å². The molecule has 6 nitrogen and oxygen atoms in total. The fourth-order valence-electron chi connectivity index (χ4n) is 4.17. The van der Waals surface area contributed by atoms with Crippen molar-refractivity contribution in [3.63, 3.8) is 0 Å². The normalized spacial score (nSPS) is 20.9. The van der Waals surface area contributed by atoms with E-state index in [-0.39, 0.29) is 18.0 Å². The Kier molecular flexibility index (Phi) is 7.19. The molecule has 174 valence electrons. The Morgan fingerprint density at radius 2 is 1.97 bits per heavy atom. The third kappa shape index (κ3) is 5.43. The molecule has 0 saturated carbocycles. The highest BCUT2D eigenvalue weighted by molar-refractivity contribution is 7.95. The number of amides is 1. The van der Waals surface area contributed by atoms with Crippen LogP contribution < -0.4 is 4.72 Å². The number of likely N-dealkylation sites (tertiary alicyclic amines) is 1. The molecule has 2 aromatic carbocycles. The lowest BCUT2D eigenvalue weighted by Gasteiger charge is -2.32. The van der Waals surface area contributed by atoms with Gasteiger partial charge in [-0.05, 0) is 55.9 Å². The van der Waals surface area contributed by atoms with Crippen LogP contribution in [-0.4, -0.2) is 50.4 Å².